The van der Waals surface area contributed by atoms with Gasteiger partial charge in [0.05, 0.1) is 0 Å². The molecule has 80 valence electrons. The smallest absolute Gasteiger partial charge is 0.0455 e. The van der Waals surface area contributed by atoms with E-state index in [1.165, 1.54) is 5.56 Å². The molecule has 0 saturated carbocycles. The van der Waals surface area contributed by atoms with Gasteiger partial charge < -0.3 is 5.73 Å². The molecule has 0 aliphatic heterocycles. The average Bonchev–Trinajstić information content (AvgIpc) is 2.33. The fourth-order valence-corrected chi connectivity index (χ4v) is 2.07. The van der Waals surface area contributed by atoms with Gasteiger partial charge in [-0.15, -0.1) is 0 Å². The summed E-state index contributed by atoms with van der Waals surface area (Å²) in [6, 6.07) is 18.1. The Kier molecular flexibility index (Phi) is 3.67. The van der Waals surface area contributed by atoms with Crippen LogP contribution in [-0.2, 0) is 0 Å². The number of anilines is 1. The first-order valence-electron chi connectivity index (χ1n) is 5.09. The van der Waals surface area contributed by atoms with Crippen LogP contribution < -0.4 is 5.73 Å². The lowest BCUT2D eigenvalue weighted by atomic mass is 10.2. The van der Waals surface area contributed by atoms with E-state index < -0.39 is 0 Å². The van der Waals surface area contributed by atoms with Gasteiger partial charge in [0.2, 0.25) is 0 Å². The highest BCUT2D eigenvalue weighted by molar-refractivity contribution is 8.02. The maximum atomic E-state index is 5.85. The van der Waals surface area contributed by atoms with Crippen LogP contribution in [-0.4, -0.2) is 0 Å². The van der Waals surface area contributed by atoms with E-state index in [0.29, 0.717) is 0 Å². The van der Waals surface area contributed by atoms with Crippen molar-refractivity contribution in [1.29, 1.82) is 0 Å². The first-order chi connectivity index (χ1) is 7.86. The number of thioether (sulfide) groups is 1. The number of nitrogens with two attached hydrogens (primary N) is 1. The number of para-hydroxylation sites is 1. The van der Waals surface area contributed by atoms with Gasteiger partial charge in [0.1, 0.15) is 0 Å². The van der Waals surface area contributed by atoms with E-state index in [4.69, 9.17) is 5.73 Å². The molecule has 2 heteroatoms. The molecule has 0 aliphatic carbocycles. The molecule has 0 spiro atoms. The van der Waals surface area contributed by atoms with E-state index in [-0.39, 0.29) is 0 Å². The van der Waals surface area contributed by atoms with E-state index in [0.717, 1.165) is 10.6 Å². The minimum absolute atomic E-state index is 0.824. The standard InChI is InChI=1S/C14H13NS/c15-13-8-4-5-9-14(13)16-11-10-12-6-2-1-3-7-12/h1-11H,15H2/b11-10-. The predicted molar refractivity (Wildman–Crippen MR) is 72.2 cm³/mol. The van der Waals surface area contributed by atoms with Crippen LogP contribution in [0.4, 0.5) is 5.69 Å². The summed E-state index contributed by atoms with van der Waals surface area (Å²) in [4.78, 5) is 1.09. The molecule has 1 nitrogen and oxygen atoms in total. The summed E-state index contributed by atoms with van der Waals surface area (Å²) in [5.74, 6) is 0. The molecule has 2 aromatic carbocycles. The molecular formula is C14H13NS. The molecule has 0 saturated heterocycles. The van der Waals surface area contributed by atoms with Crippen LogP contribution in [0.1, 0.15) is 5.56 Å². The maximum absolute atomic E-state index is 5.85. The van der Waals surface area contributed by atoms with E-state index in [2.05, 4.69) is 23.6 Å². The van der Waals surface area contributed by atoms with Gasteiger partial charge in [-0.1, -0.05) is 54.2 Å². The zero-order chi connectivity index (χ0) is 11.2. The summed E-state index contributed by atoms with van der Waals surface area (Å²) >= 11 is 1.64. The summed E-state index contributed by atoms with van der Waals surface area (Å²) in [6.07, 6.45) is 2.08. The summed E-state index contributed by atoms with van der Waals surface area (Å²) < 4.78 is 0. The minimum atomic E-state index is 0.824. The van der Waals surface area contributed by atoms with E-state index in [9.17, 15) is 0 Å². The highest BCUT2D eigenvalue weighted by Gasteiger charge is 1.94. The number of nitrogen functional groups attached to an aromatic ring is 1. The summed E-state index contributed by atoms with van der Waals surface area (Å²) in [7, 11) is 0. The molecule has 0 unspecified atom stereocenters. The Morgan fingerprint density at radius 1 is 0.875 bits per heavy atom. The van der Waals surface area contributed by atoms with Crippen molar-refractivity contribution < 1.29 is 0 Å². The second kappa shape index (κ2) is 5.42. The lowest BCUT2D eigenvalue weighted by Gasteiger charge is -2.00. The van der Waals surface area contributed by atoms with Crippen LogP contribution in [0.15, 0.2) is 64.9 Å². The summed E-state index contributed by atoms with van der Waals surface area (Å²) in [5, 5.41) is 2.06. The maximum Gasteiger partial charge on any atom is 0.0455 e. The SMILES string of the molecule is Nc1ccccc1S/C=C\c1ccccc1. The third-order valence-electron chi connectivity index (χ3n) is 2.17. The second-order valence-corrected chi connectivity index (χ2v) is 4.32. The Balaban J connectivity index is 2.03. The molecule has 2 rings (SSSR count). The van der Waals surface area contributed by atoms with E-state index >= 15 is 0 Å². The van der Waals surface area contributed by atoms with Crippen molar-refractivity contribution in [1.82, 2.24) is 0 Å². The van der Waals surface area contributed by atoms with Crippen LogP contribution in [0.2, 0.25) is 0 Å². The van der Waals surface area contributed by atoms with Gasteiger partial charge >= 0.3 is 0 Å². The molecule has 0 aromatic heterocycles. The molecular weight excluding hydrogens is 214 g/mol. The van der Waals surface area contributed by atoms with Crippen molar-refractivity contribution in [2.45, 2.75) is 4.90 Å². The third kappa shape index (κ3) is 2.91. The van der Waals surface area contributed by atoms with Crippen molar-refractivity contribution >= 4 is 23.5 Å². The molecule has 0 aliphatic rings. The van der Waals surface area contributed by atoms with Gasteiger partial charge in [0, 0.05) is 10.6 Å². The zero-order valence-corrected chi connectivity index (χ0v) is 9.65. The first-order valence-corrected chi connectivity index (χ1v) is 5.97. The lowest BCUT2D eigenvalue weighted by Crippen LogP contribution is -1.85. The molecule has 2 aromatic rings. The monoisotopic (exact) mass is 227 g/mol. The first kappa shape index (κ1) is 10.8. The van der Waals surface area contributed by atoms with Crippen molar-refractivity contribution in [3.8, 4) is 0 Å². The Morgan fingerprint density at radius 2 is 1.56 bits per heavy atom. The van der Waals surface area contributed by atoms with Crippen LogP contribution in [0, 0.1) is 0 Å². The highest BCUT2D eigenvalue weighted by Crippen LogP contribution is 2.25. The fourth-order valence-electron chi connectivity index (χ4n) is 1.34. The Morgan fingerprint density at radius 3 is 2.31 bits per heavy atom. The third-order valence-corrected chi connectivity index (χ3v) is 3.07. The summed E-state index contributed by atoms with van der Waals surface area (Å²) in [5.41, 5.74) is 7.87. The average molecular weight is 227 g/mol. The molecule has 0 atom stereocenters. The van der Waals surface area contributed by atoms with Crippen molar-refractivity contribution in [2.75, 3.05) is 5.73 Å². The van der Waals surface area contributed by atoms with E-state index in [1.807, 2.05) is 42.5 Å². The summed E-state index contributed by atoms with van der Waals surface area (Å²) in [6.45, 7) is 0. The van der Waals surface area contributed by atoms with Gasteiger partial charge in [-0.25, -0.2) is 0 Å². The van der Waals surface area contributed by atoms with Crippen LogP contribution >= 0.6 is 11.8 Å². The zero-order valence-electron chi connectivity index (χ0n) is 8.84. The molecule has 0 bridgehead atoms. The largest absolute Gasteiger partial charge is 0.398 e. The van der Waals surface area contributed by atoms with Gasteiger partial charge in [-0.2, -0.15) is 0 Å². The number of rotatable bonds is 3. The van der Waals surface area contributed by atoms with Crippen LogP contribution in [0.5, 0.6) is 0 Å². The van der Waals surface area contributed by atoms with E-state index in [1.54, 1.807) is 11.8 Å². The van der Waals surface area contributed by atoms with Crippen LogP contribution in [0.25, 0.3) is 6.08 Å². The minimum Gasteiger partial charge on any atom is -0.398 e. The molecule has 0 amide bonds. The molecule has 0 fully saturated rings. The van der Waals surface area contributed by atoms with Crippen LogP contribution in [0.3, 0.4) is 0 Å². The predicted octanol–water partition coefficient (Wildman–Crippen LogP) is 4.03. The molecule has 16 heavy (non-hydrogen) atoms. The topological polar surface area (TPSA) is 26.0 Å². The Hall–Kier alpha value is -1.67. The number of hydrogen-bond donors (Lipinski definition) is 1. The normalized spacial score (nSPS) is 10.8. The van der Waals surface area contributed by atoms with Gasteiger partial charge in [-0.3, -0.25) is 0 Å². The molecule has 0 heterocycles. The Bertz CT molecular complexity index is 477. The molecule has 0 radical (unpaired) electrons. The van der Waals surface area contributed by atoms with Crippen molar-refractivity contribution in [3.63, 3.8) is 0 Å². The fraction of sp³-hybridized carbons (Fsp3) is 0. The van der Waals surface area contributed by atoms with Crippen molar-refractivity contribution in [2.24, 2.45) is 0 Å². The highest BCUT2D eigenvalue weighted by atomic mass is 32.2. The second-order valence-electron chi connectivity index (χ2n) is 3.37. The van der Waals surface area contributed by atoms with Gasteiger partial charge in [0.15, 0.2) is 0 Å². The molecule has 2 N–H and O–H groups in total. The number of hydrogen-bond acceptors (Lipinski definition) is 2. The Labute approximate surface area is 100.0 Å². The lowest BCUT2D eigenvalue weighted by molar-refractivity contribution is 1.47. The quantitative estimate of drug-likeness (QED) is 0.632. The van der Waals surface area contributed by atoms with Gasteiger partial charge in [0.25, 0.3) is 0 Å². The number of benzene rings is 2. The van der Waals surface area contributed by atoms with Gasteiger partial charge in [-0.05, 0) is 29.2 Å². The van der Waals surface area contributed by atoms with Crippen molar-refractivity contribution in [3.05, 3.63) is 65.6 Å².